The molecule has 1 N–H and O–H groups in total. The van der Waals surface area contributed by atoms with Crippen LogP contribution in [0.15, 0.2) is 18.2 Å². The van der Waals surface area contributed by atoms with Gasteiger partial charge in [0.15, 0.2) is 0 Å². The first kappa shape index (κ1) is 11.5. The van der Waals surface area contributed by atoms with E-state index in [1.54, 1.807) is 17.0 Å². The molecule has 0 aromatic heterocycles. The number of nitriles is 1. The molecule has 4 heteroatoms. The second kappa shape index (κ2) is 4.46. The van der Waals surface area contributed by atoms with Crippen molar-refractivity contribution in [1.82, 2.24) is 0 Å². The summed E-state index contributed by atoms with van der Waals surface area (Å²) >= 11 is 0. The number of rotatable bonds is 2. The number of fused-ring (bicyclic) bond motifs is 1. The maximum atomic E-state index is 11.9. The highest BCUT2D eigenvalue weighted by Crippen LogP contribution is 2.30. The van der Waals surface area contributed by atoms with Gasteiger partial charge in [0.25, 0.3) is 0 Å². The summed E-state index contributed by atoms with van der Waals surface area (Å²) in [5, 5.41) is 12.0. The highest BCUT2D eigenvalue weighted by molar-refractivity contribution is 6.02. The number of nitrogens with one attached hydrogen (secondary N) is 1. The van der Waals surface area contributed by atoms with Crippen LogP contribution in [0, 0.1) is 17.2 Å². The van der Waals surface area contributed by atoms with Gasteiger partial charge in [0.2, 0.25) is 5.91 Å². The smallest absolute Gasteiger partial charge is 0.246 e. The summed E-state index contributed by atoms with van der Waals surface area (Å²) in [6, 6.07) is 7.48. The lowest BCUT2D eigenvalue weighted by molar-refractivity contribution is -0.117. The van der Waals surface area contributed by atoms with Crippen LogP contribution >= 0.6 is 0 Å². The van der Waals surface area contributed by atoms with Crippen molar-refractivity contribution in [2.24, 2.45) is 5.92 Å². The minimum absolute atomic E-state index is 0.0567. The average Bonchev–Trinajstić information content (AvgIpc) is 2.32. The second-order valence-corrected chi connectivity index (χ2v) is 4.60. The zero-order valence-corrected chi connectivity index (χ0v) is 10.0. The van der Waals surface area contributed by atoms with E-state index in [1.807, 2.05) is 6.07 Å². The molecular weight excluding hydrogens is 214 g/mol. The minimum Gasteiger partial charge on any atom is -0.374 e. The molecule has 0 spiro atoms. The molecule has 1 heterocycles. The van der Waals surface area contributed by atoms with Crippen LogP contribution in [0.3, 0.4) is 0 Å². The summed E-state index contributed by atoms with van der Waals surface area (Å²) in [6.07, 6.45) is 0. The van der Waals surface area contributed by atoms with Gasteiger partial charge in [-0.05, 0) is 24.1 Å². The molecule has 88 valence electrons. The molecule has 1 aromatic rings. The fourth-order valence-electron chi connectivity index (χ4n) is 1.94. The Morgan fingerprint density at radius 2 is 2.29 bits per heavy atom. The fraction of sp³-hybridized carbons (Fsp3) is 0.385. The Labute approximate surface area is 101 Å². The maximum Gasteiger partial charge on any atom is 0.246 e. The number of hydrogen-bond acceptors (Lipinski definition) is 3. The largest absolute Gasteiger partial charge is 0.374 e. The van der Waals surface area contributed by atoms with Crippen LogP contribution in [0.4, 0.5) is 11.4 Å². The molecule has 0 saturated heterocycles. The van der Waals surface area contributed by atoms with Crippen molar-refractivity contribution in [3.63, 3.8) is 0 Å². The molecule has 0 radical (unpaired) electrons. The molecule has 17 heavy (non-hydrogen) atoms. The van der Waals surface area contributed by atoms with Crippen molar-refractivity contribution in [1.29, 1.82) is 5.26 Å². The molecule has 0 bridgehead atoms. The molecule has 1 aliphatic rings. The monoisotopic (exact) mass is 229 g/mol. The van der Waals surface area contributed by atoms with E-state index >= 15 is 0 Å². The molecule has 0 atom stereocenters. The molecule has 1 aliphatic heterocycles. The quantitative estimate of drug-likeness (QED) is 0.843. The number of carbonyl (C=O) groups is 1. The molecular formula is C13H15N3O. The van der Waals surface area contributed by atoms with Gasteiger partial charge < -0.3 is 10.2 Å². The highest BCUT2D eigenvalue weighted by Gasteiger charge is 2.24. The number of carbonyl (C=O) groups excluding carboxylic acids is 1. The van der Waals surface area contributed by atoms with Crippen LogP contribution in [0.1, 0.15) is 19.4 Å². The van der Waals surface area contributed by atoms with Gasteiger partial charge in [-0.15, -0.1) is 0 Å². The molecule has 2 rings (SSSR count). The minimum atomic E-state index is 0.0567. The standard InChI is InChI=1S/C13H15N3O/c1-9(2)8-16-12-5-10(6-14)3-4-11(12)15-7-13(16)17/h3-5,9,15H,7-8H2,1-2H3. The van der Waals surface area contributed by atoms with E-state index in [2.05, 4.69) is 25.2 Å². The Balaban J connectivity index is 2.42. The lowest BCUT2D eigenvalue weighted by Gasteiger charge is -2.31. The van der Waals surface area contributed by atoms with Crippen molar-refractivity contribution in [2.75, 3.05) is 23.3 Å². The van der Waals surface area contributed by atoms with Crippen LogP contribution in [-0.2, 0) is 4.79 Å². The molecule has 4 nitrogen and oxygen atoms in total. The average molecular weight is 229 g/mol. The molecule has 0 fully saturated rings. The summed E-state index contributed by atoms with van der Waals surface area (Å²) < 4.78 is 0. The van der Waals surface area contributed by atoms with Crippen molar-refractivity contribution < 1.29 is 4.79 Å². The van der Waals surface area contributed by atoms with Gasteiger partial charge in [0.05, 0.1) is 29.6 Å². The molecule has 1 amide bonds. The first-order valence-electron chi connectivity index (χ1n) is 5.70. The fourth-order valence-corrected chi connectivity index (χ4v) is 1.94. The van der Waals surface area contributed by atoms with Gasteiger partial charge in [-0.25, -0.2) is 0 Å². The van der Waals surface area contributed by atoms with E-state index in [4.69, 9.17) is 5.26 Å². The normalized spacial score (nSPS) is 14.2. The molecule has 0 aliphatic carbocycles. The third-order valence-electron chi connectivity index (χ3n) is 2.70. The van der Waals surface area contributed by atoms with Crippen molar-refractivity contribution in [3.05, 3.63) is 23.8 Å². The van der Waals surface area contributed by atoms with E-state index in [1.165, 1.54) is 0 Å². The Hall–Kier alpha value is -2.02. The van der Waals surface area contributed by atoms with Gasteiger partial charge >= 0.3 is 0 Å². The zero-order chi connectivity index (χ0) is 12.4. The van der Waals surface area contributed by atoms with Gasteiger partial charge in [-0.2, -0.15) is 5.26 Å². The third kappa shape index (κ3) is 2.23. The second-order valence-electron chi connectivity index (χ2n) is 4.60. The summed E-state index contributed by atoms with van der Waals surface area (Å²) in [4.78, 5) is 13.6. The Bertz CT molecular complexity index is 488. The predicted molar refractivity (Wildman–Crippen MR) is 66.8 cm³/mol. The number of hydrogen-bond donors (Lipinski definition) is 1. The van der Waals surface area contributed by atoms with Crippen LogP contribution < -0.4 is 10.2 Å². The molecule has 1 aromatic carbocycles. The van der Waals surface area contributed by atoms with Crippen LogP contribution in [0.25, 0.3) is 0 Å². The van der Waals surface area contributed by atoms with Crippen LogP contribution in [0.5, 0.6) is 0 Å². The van der Waals surface area contributed by atoms with Crippen molar-refractivity contribution >= 4 is 17.3 Å². The Kier molecular flexibility index (Phi) is 3.01. The van der Waals surface area contributed by atoms with Crippen molar-refractivity contribution in [2.45, 2.75) is 13.8 Å². The Morgan fingerprint density at radius 3 is 2.94 bits per heavy atom. The van der Waals surface area contributed by atoms with Gasteiger partial charge in [0, 0.05) is 6.54 Å². The topological polar surface area (TPSA) is 56.1 Å². The van der Waals surface area contributed by atoms with E-state index < -0.39 is 0 Å². The molecule has 0 unspecified atom stereocenters. The van der Waals surface area contributed by atoms with Gasteiger partial charge in [-0.1, -0.05) is 13.8 Å². The summed E-state index contributed by atoms with van der Waals surface area (Å²) in [7, 11) is 0. The van der Waals surface area contributed by atoms with E-state index in [9.17, 15) is 4.79 Å². The lowest BCUT2D eigenvalue weighted by Crippen LogP contribution is -2.41. The number of benzene rings is 1. The predicted octanol–water partition coefficient (Wildman–Crippen LogP) is 1.97. The Morgan fingerprint density at radius 1 is 1.53 bits per heavy atom. The van der Waals surface area contributed by atoms with E-state index in [0.717, 1.165) is 11.4 Å². The highest BCUT2D eigenvalue weighted by atomic mass is 16.2. The van der Waals surface area contributed by atoms with Crippen LogP contribution in [-0.4, -0.2) is 19.0 Å². The zero-order valence-electron chi connectivity index (χ0n) is 10.0. The SMILES string of the molecule is CC(C)CN1C(=O)CNc2ccc(C#N)cc21. The van der Waals surface area contributed by atoms with Gasteiger partial charge in [0.1, 0.15) is 0 Å². The summed E-state index contributed by atoms with van der Waals surface area (Å²) in [5.41, 5.74) is 2.31. The number of nitrogens with zero attached hydrogens (tertiary/aromatic N) is 2. The van der Waals surface area contributed by atoms with Crippen LogP contribution in [0.2, 0.25) is 0 Å². The van der Waals surface area contributed by atoms with Gasteiger partial charge in [-0.3, -0.25) is 4.79 Å². The number of anilines is 2. The van der Waals surface area contributed by atoms with Crippen molar-refractivity contribution in [3.8, 4) is 6.07 Å². The maximum absolute atomic E-state index is 11.9. The molecule has 0 saturated carbocycles. The lowest BCUT2D eigenvalue weighted by atomic mass is 10.1. The summed E-state index contributed by atoms with van der Waals surface area (Å²) in [5.74, 6) is 0.455. The third-order valence-corrected chi connectivity index (χ3v) is 2.70. The first-order chi connectivity index (χ1) is 8.11. The van der Waals surface area contributed by atoms with E-state index in [-0.39, 0.29) is 5.91 Å². The first-order valence-corrected chi connectivity index (χ1v) is 5.70. The number of amides is 1. The summed E-state index contributed by atoms with van der Waals surface area (Å²) in [6.45, 7) is 5.15. The van der Waals surface area contributed by atoms with E-state index in [0.29, 0.717) is 24.6 Å².